The number of allylic oxidation sites excluding steroid dienone is 2. The van der Waals surface area contributed by atoms with Crippen LogP contribution in [-0.4, -0.2) is 89.6 Å². The molecular weight excluding hydrogens is 612 g/mol. The molecule has 1 heterocycles. The molecule has 0 aromatic rings. The van der Waals surface area contributed by atoms with Gasteiger partial charge in [-0.15, -0.1) is 0 Å². The second-order valence-electron chi connectivity index (χ2n) is 13.7. The molecule has 1 fully saturated rings. The maximum atomic E-state index is 12.5. The van der Waals surface area contributed by atoms with Crippen LogP contribution in [0.4, 0.5) is 0 Å². The van der Waals surface area contributed by atoms with Crippen LogP contribution in [0.25, 0.3) is 0 Å². The minimum Gasteiger partial charge on any atom is -0.457 e. The van der Waals surface area contributed by atoms with Gasteiger partial charge in [0.1, 0.15) is 30.5 Å². The second kappa shape index (κ2) is 31.9. The second-order valence-corrected chi connectivity index (χ2v) is 13.7. The lowest BCUT2D eigenvalue weighted by Gasteiger charge is -2.39. The van der Waals surface area contributed by atoms with Crippen molar-refractivity contribution in [1.82, 2.24) is 0 Å². The summed E-state index contributed by atoms with van der Waals surface area (Å²) >= 11 is 0. The van der Waals surface area contributed by atoms with Gasteiger partial charge < -0.3 is 39.4 Å². The molecule has 48 heavy (non-hydrogen) atoms. The van der Waals surface area contributed by atoms with Crippen molar-refractivity contribution in [2.75, 3.05) is 26.4 Å². The Labute approximate surface area is 293 Å². The van der Waals surface area contributed by atoms with E-state index >= 15 is 0 Å². The standard InChI is InChI=1S/C39H74O9/c1-3-5-7-9-10-11-12-13-14-15-16-17-18-19-20-21-22-23-25-27-29-45-31-33(47-35(41)28-26-24-8-6-4-2)32-46-39-38(44)37(43)36(42)34(30-40)48-39/h13-14,33-34,36-40,42-44H,3-12,15-32H2,1-2H3/b14-13-. The molecule has 0 radical (unpaired) electrons. The quantitative estimate of drug-likeness (QED) is 0.0311. The van der Waals surface area contributed by atoms with Crippen molar-refractivity contribution >= 4 is 5.97 Å². The van der Waals surface area contributed by atoms with Crippen molar-refractivity contribution < 1.29 is 44.2 Å². The van der Waals surface area contributed by atoms with Gasteiger partial charge in [-0.25, -0.2) is 0 Å². The normalized spacial score (nSPS) is 22.0. The van der Waals surface area contributed by atoms with E-state index in [0.717, 1.165) is 44.9 Å². The van der Waals surface area contributed by atoms with E-state index in [1.807, 2.05) is 0 Å². The third kappa shape index (κ3) is 23.4. The Kier molecular flexibility index (Phi) is 29.9. The highest BCUT2D eigenvalue weighted by Crippen LogP contribution is 2.22. The minimum absolute atomic E-state index is 0.111. The number of hydrogen-bond acceptors (Lipinski definition) is 9. The van der Waals surface area contributed by atoms with Gasteiger partial charge in [-0.05, 0) is 38.5 Å². The van der Waals surface area contributed by atoms with Gasteiger partial charge in [-0.1, -0.05) is 135 Å². The minimum atomic E-state index is -1.53. The molecule has 0 aliphatic carbocycles. The summed E-state index contributed by atoms with van der Waals surface area (Å²) in [6.45, 7) is 4.47. The number of carbonyl (C=O) groups is 1. The van der Waals surface area contributed by atoms with E-state index in [2.05, 4.69) is 26.0 Å². The molecule has 9 nitrogen and oxygen atoms in total. The molecule has 6 unspecified atom stereocenters. The van der Waals surface area contributed by atoms with E-state index in [0.29, 0.717) is 13.0 Å². The summed E-state index contributed by atoms with van der Waals surface area (Å²) < 4.78 is 22.6. The zero-order valence-corrected chi connectivity index (χ0v) is 30.7. The number of esters is 1. The fourth-order valence-corrected chi connectivity index (χ4v) is 6.01. The largest absolute Gasteiger partial charge is 0.457 e. The number of ether oxygens (including phenoxy) is 4. The van der Waals surface area contributed by atoms with Crippen LogP contribution in [0, 0.1) is 0 Å². The fourth-order valence-electron chi connectivity index (χ4n) is 6.01. The topological polar surface area (TPSA) is 135 Å². The Morgan fingerprint density at radius 3 is 1.69 bits per heavy atom. The fraction of sp³-hybridized carbons (Fsp3) is 0.923. The summed E-state index contributed by atoms with van der Waals surface area (Å²) in [5.74, 6) is -0.326. The summed E-state index contributed by atoms with van der Waals surface area (Å²) in [4.78, 5) is 12.5. The van der Waals surface area contributed by atoms with Gasteiger partial charge in [0.15, 0.2) is 6.29 Å². The zero-order valence-electron chi connectivity index (χ0n) is 30.7. The van der Waals surface area contributed by atoms with Gasteiger partial charge in [0.05, 0.1) is 19.8 Å². The van der Waals surface area contributed by atoms with Crippen LogP contribution in [0.3, 0.4) is 0 Å². The Balaban J connectivity index is 2.16. The monoisotopic (exact) mass is 687 g/mol. The summed E-state index contributed by atoms with van der Waals surface area (Å²) in [6.07, 6.45) is 25.7. The zero-order chi connectivity index (χ0) is 35.1. The maximum absolute atomic E-state index is 12.5. The van der Waals surface area contributed by atoms with Gasteiger partial charge in [-0.2, -0.15) is 0 Å². The number of rotatable bonds is 33. The van der Waals surface area contributed by atoms with Crippen LogP contribution >= 0.6 is 0 Å². The summed E-state index contributed by atoms with van der Waals surface area (Å²) in [5.41, 5.74) is 0. The average Bonchev–Trinajstić information content (AvgIpc) is 3.08. The summed E-state index contributed by atoms with van der Waals surface area (Å²) in [7, 11) is 0. The molecule has 0 bridgehead atoms. The van der Waals surface area contributed by atoms with Gasteiger partial charge >= 0.3 is 5.97 Å². The van der Waals surface area contributed by atoms with Crippen molar-refractivity contribution in [3.05, 3.63) is 12.2 Å². The molecule has 1 rings (SSSR count). The molecule has 0 amide bonds. The maximum Gasteiger partial charge on any atom is 0.306 e. The smallest absolute Gasteiger partial charge is 0.306 e. The summed E-state index contributed by atoms with van der Waals surface area (Å²) in [5, 5.41) is 39.8. The van der Waals surface area contributed by atoms with Crippen LogP contribution in [0.15, 0.2) is 12.2 Å². The number of carbonyl (C=O) groups excluding carboxylic acids is 1. The predicted molar refractivity (Wildman–Crippen MR) is 192 cm³/mol. The van der Waals surface area contributed by atoms with E-state index in [-0.39, 0.29) is 19.2 Å². The average molecular weight is 687 g/mol. The number of aliphatic hydroxyl groups excluding tert-OH is 4. The molecule has 9 heteroatoms. The molecule has 0 spiro atoms. The van der Waals surface area contributed by atoms with E-state index in [1.54, 1.807) is 0 Å². The van der Waals surface area contributed by atoms with Crippen LogP contribution in [0.1, 0.15) is 168 Å². The Hall–Kier alpha value is -1.07. The Morgan fingerprint density at radius 1 is 0.646 bits per heavy atom. The molecule has 0 aromatic heterocycles. The molecule has 6 atom stereocenters. The van der Waals surface area contributed by atoms with Crippen molar-refractivity contribution in [2.45, 2.75) is 205 Å². The van der Waals surface area contributed by atoms with Gasteiger partial charge in [0, 0.05) is 13.0 Å². The van der Waals surface area contributed by atoms with Gasteiger partial charge in [0.25, 0.3) is 0 Å². The summed E-state index contributed by atoms with van der Waals surface area (Å²) in [6, 6.07) is 0. The van der Waals surface area contributed by atoms with Crippen LogP contribution < -0.4 is 0 Å². The van der Waals surface area contributed by atoms with Crippen molar-refractivity contribution in [3.8, 4) is 0 Å². The number of unbranched alkanes of at least 4 members (excludes halogenated alkanes) is 20. The van der Waals surface area contributed by atoms with Crippen molar-refractivity contribution in [2.24, 2.45) is 0 Å². The first-order valence-corrected chi connectivity index (χ1v) is 19.8. The van der Waals surface area contributed by atoms with Crippen molar-refractivity contribution in [1.29, 1.82) is 0 Å². The molecular formula is C39H74O9. The highest BCUT2D eigenvalue weighted by Gasteiger charge is 2.44. The first-order chi connectivity index (χ1) is 23.4. The molecule has 284 valence electrons. The molecule has 0 saturated carbocycles. The van der Waals surface area contributed by atoms with E-state index in [4.69, 9.17) is 18.9 Å². The highest BCUT2D eigenvalue weighted by molar-refractivity contribution is 5.69. The van der Waals surface area contributed by atoms with Crippen LogP contribution in [-0.2, 0) is 23.7 Å². The lowest BCUT2D eigenvalue weighted by molar-refractivity contribution is -0.305. The molecule has 1 aliphatic heterocycles. The molecule has 0 aromatic carbocycles. The molecule has 4 N–H and O–H groups in total. The first kappa shape index (κ1) is 45.0. The third-order valence-electron chi connectivity index (χ3n) is 9.18. The van der Waals surface area contributed by atoms with E-state index in [1.165, 1.54) is 103 Å². The number of hydrogen-bond donors (Lipinski definition) is 4. The highest BCUT2D eigenvalue weighted by atomic mass is 16.7. The molecule has 1 aliphatic rings. The lowest BCUT2D eigenvalue weighted by atomic mass is 9.99. The SMILES string of the molecule is CCCCCCCC/C=C\CCCCCCCCCCCCOCC(COC1OC(CO)C(O)C(O)C1O)OC(=O)CCCCCCC. The van der Waals surface area contributed by atoms with Crippen LogP contribution in [0.5, 0.6) is 0 Å². The predicted octanol–water partition coefficient (Wildman–Crippen LogP) is 7.69. The Bertz CT molecular complexity index is 747. The first-order valence-electron chi connectivity index (χ1n) is 19.8. The van der Waals surface area contributed by atoms with Crippen molar-refractivity contribution in [3.63, 3.8) is 0 Å². The number of aliphatic hydroxyl groups is 4. The van der Waals surface area contributed by atoms with Gasteiger partial charge in [0.2, 0.25) is 0 Å². The third-order valence-corrected chi connectivity index (χ3v) is 9.18. The molecule has 1 saturated heterocycles. The van der Waals surface area contributed by atoms with Gasteiger partial charge in [-0.3, -0.25) is 4.79 Å². The Morgan fingerprint density at radius 2 is 1.15 bits per heavy atom. The van der Waals surface area contributed by atoms with Crippen LogP contribution in [0.2, 0.25) is 0 Å². The van der Waals surface area contributed by atoms with E-state index in [9.17, 15) is 25.2 Å². The van der Waals surface area contributed by atoms with E-state index < -0.39 is 43.4 Å². The lowest BCUT2D eigenvalue weighted by Crippen LogP contribution is -2.59.